The van der Waals surface area contributed by atoms with Crippen LogP contribution in [0.3, 0.4) is 0 Å². The minimum absolute atomic E-state index is 0.220. The minimum Gasteiger partial charge on any atom is -0.323 e. The third-order valence-corrected chi connectivity index (χ3v) is 3.03. The second-order valence-electron chi connectivity index (χ2n) is 3.85. The third kappa shape index (κ3) is 4.12. The van der Waals surface area contributed by atoms with E-state index in [1.165, 1.54) is 6.08 Å². The minimum atomic E-state index is -0.220. The summed E-state index contributed by atoms with van der Waals surface area (Å²) in [6.07, 6.45) is 3.11. The van der Waals surface area contributed by atoms with Crippen LogP contribution >= 0.6 is 23.2 Å². The standard InChI is InChI=1S/C15H11Cl2NO/c16-12-6-8-13(9-7-12)18-15(19)10-5-11-3-1-2-4-14(11)17/h1-10H,(H,18,19). The van der Waals surface area contributed by atoms with Crippen LogP contribution < -0.4 is 5.32 Å². The lowest BCUT2D eigenvalue weighted by atomic mass is 10.2. The quantitative estimate of drug-likeness (QED) is 0.820. The molecule has 96 valence electrons. The fraction of sp³-hybridized carbons (Fsp3) is 0. The largest absolute Gasteiger partial charge is 0.323 e. The Morgan fingerprint density at radius 1 is 1.00 bits per heavy atom. The zero-order chi connectivity index (χ0) is 13.7. The van der Waals surface area contributed by atoms with Crippen LogP contribution in [-0.4, -0.2) is 5.91 Å². The summed E-state index contributed by atoms with van der Waals surface area (Å²) in [4.78, 5) is 11.7. The first kappa shape index (κ1) is 13.7. The highest BCUT2D eigenvalue weighted by Crippen LogP contribution is 2.17. The maximum Gasteiger partial charge on any atom is 0.248 e. The molecule has 0 aliphatic rings. The number of benzene rings is 2. The average molecular weight is 292 g/mol. The first-order valence-corrected chi connectivity index (χ1v) is 6.40. The second kappa shape index (κ2) is 6.41. The van der Waals surface area contributed by atoms with E-state index in [9.17, 15) is 4.79 Å². The van der Waals surface area contributed by atoms with E-state index in [-0.39, 0.29) is 5.91 Å². The first-order valence-electron chi connectivity index (χ1n) is 5.64. The summed E-state index contributed by atoms with van der Waals surface area (Å²) in [5.74, 6) is -0.220. The molecule has 0 heterocycles. The molecule has 1 N–H and O–H groups in total. The molecule has 1 amide bonds. The van der Waals surface area contributed by atoms with Gasteiger partial charge in [0.05, 0.1) is 0 Å². The van der Waals surface area contributed by atoms with Gasteiger partial charge in [0.1, 0.15) is 0 Å². The Bertz CT molecular complexity index is 606. The number of carbonyl (C=O) groups excluding carboxylic acids is 1. The molecule has 2 rings (SSSR count). The van der Waals surface area contributed by atoms with E-state index in [4.69, 9.17) is 23.2 Å². The second-order valence-corrected chi connectivity index (χ2v) is 4.69. The summed E-state index contributed by atoms with van der Waals surface area (Å²) >= 11 is 11.8. The van der Waals surface area contributed by atoms with Gasteiger partial charge in [0, 0.05) is 21.8 Å². The number of amides is 1. The summed E-state index contributed by atoms with van der Waals surface area (Å²) in [5, 5.41) is 3.97. The molecule has 0 radical (unpaired) electrons. The van der Waals surface area contributed by atoms with Crippen LogP contribution in [0.2, 0.25) is 10.0 Å². The number of rotatable bonds is 3. The van der Waals surface area contributed by atoms with Gasteiger partial charge in [-0.3, -0.25) is 4.79 Å². The van der Waals surface area contributed by atoms with Crippen molar-refractivity contribution in [2.24, 2.45) is 0 Å². The van der Waals surface area contributed by atoms with E-state index in [1.54, 1.807) is 36.4 Å². The lowest BCUT2D eigenvalue weighted by molar-refractivity contribution is -0.111. The molecule has 0 saturated heterocycles. The van der Waals surface area contributed by atoms with Crippen LogP contribution in [0.25, 0.3) is 6.08 Å². The first-order chi connectivity index (χ1) is 9.15. The van der Waals surface area contributed by atoms with Crippen molar-refractivity contribution >= 4 is 40.9 Å². The van der Waals surface area contributed by atoms with E-state index >= 15 is 0 Å². The molecule has 2 aromatic carbocycles. The van der Waals surface area contributed by atoms with Gasteiger partial charge >= 0.3 is 0 Å². The number of anilines is 1. The van der Waals surface area contributed by atoms with Crippen LogP contribution in [0.5, 0.6) is 0 Å². The Kier molecular flexibility index (Phi) is 4.61. The molecule has 0 saturated carbocycles. The van der Waals surface area contributed by atoms with E-state index in [2.05, 4.69) is 5.32 Å². The lowest BCUT2D eigenvalue weighted by Crippen LogP contribution is -2.07. The van der Waals surface area contributed by atoms with Gasteiger partial charge in [-0.05, 0) is 42.0 Å². The van der Waals surface area contributed by atoms with Crippen LogP contribution in [0.4, 0.5) is 5.69 Å². The van der Waals surface area contributed by atoms with Crippen molar-refractivity contribution in [1.29, 1.82) is 0 Å². The Balaban J connectivity index is 2.02. The van der Waals surface area contributed by atoms with Gasteiger partial charge in [0.15, 0.2) is 0 Å². The van der Waals surface area contributed by atoms with Gasteiger partial charge in [0.25, 0.3) is 0 Å². The topological polar surface area (TPSA) is 29.1 Å². The molecule has 0 spiro atoms. The van der Waals surface area contributed by atoms with Crippen LogP contribution in [0.1, 0.15) is 5.56 Å². The highest BCUT2D eigenvalue weighted by molar-refractivity contribution is 6.32. The Hall–Kier alpha value is -1.77. The van der Waals surface area contributed by atoms with Gasteiger partial charge in [0.2, 0.25) is 5.91 Å². The predicted octanol–water partition coefficient (Wildman–Crippen LogP) is 4.65. The molecule has 0 aliphatic heterocycles. The van der Waals surface area contributed by atoms with Gasteiger partial charge in [-0.25, -0.2) is 0 Å². The number of carbonyl (C=O) groups is 1. The van der Waals surface area contributed by atoms with E-state index in [0.717, 1.165) is 5.56 Å². The Labute approximate surface area is 121 Å². The molecule has 19 heavy (non-hydrogen) atoms. The zero-order valence-corrected chi connectivity index (χ0v) is 11.4. The van der Waals surface area contributed by atoms with E-state index < -0.39 is 0 Å². The van der Waals surface area contributed by atoms with Crippen molar-refractivity contribution in [1.82, 2.24) is 0 Å². The van der Waals surface area contributed by atoms with Gasteiger partial charge < -0.3 is 5.32 Å². The lowest BCUT2D eigenvalue weighted by Gasteiger charge is -2.02. The Morgan fingerprint density at radius 3 is 2.37 bits per heavy atom. The molecular formula is C15H11Cl2NO. The SMILES string of the molecule is O=C(C=Cc1ccccc1Cl)Nc1ccc(Cl)cc1. The molecule has 2 aromatic rings. The number of hydrogen-bond donors (Lipinski definition) is 1. The zero-order valence-electron chi connectivity index (χ0n) is 9.94. The highest BCUT2D eigenvalue weighted by Gasteiger charge is 1.99. The molecule has 2 nitrogen and oxygen atoms in total. The fourth-order valence-electron chi connectivity index (χ4n) is 1.49. The van der Waals surface area contributed by atoms with Crippen LogP contribution in [0, 0.1) is 0 Å². The summed E-state index contributed by atoms with van der Waals surface area (Å²) in [6.45, 7) is 0. The predicted molar refractivity (Wildman–Crippen MR) is 80.6 cm³/mol. The molecule has 0 atom stereocenters. The number of hydrogen-bond acceptors (Lipinski definition) is 1. The van der Waals surface area contributed by atoms with Crippen LogP contribution in [0.15, 0.2) is 54.6 Å². The van der Waals surface area contributed by atoms with E-state index in [0.29, 0.717) is 15.7 Å². The van der Waals surface area contributed by atoms with Crippen molar-refractivity contribution in [2.75, 3.05) is 5.32 Å². The maximum atomic E-state index is 11.7. The summed E-state index contributed by atoms with van der Waals surface area (Å²) in [5.41, 5.74) is 1.49. The molecule has 0 fully saturated rings. The van der Waals surface area contributed by atoms with Crippen molar-refractivity contribution in [3.8, 4) is 0 Å². The average Bonchev–Trinajstić information content (AvgIpc) is 2.40. The molecular weight excluding hydrogens is 281 g/mol. The Morgan fingerprint density at radius 2 is 1.68 bits per heavy atom. The molecule has 0 unspecified atom stereocenters. The fourth-order valence-corrected chi connectivity index (χ4v) is 1.82. The maximum absolute atomic E-state index is 11.7. The van der Waals surface area contributed by atoms with Gasteiger partial charge in [-0.2, -0.15) is 0 Å². The van der Waals surface area contributed by atoms with Gasteiger partial charge in [-0.1, -0.05) is 41.4 Å². The number of halogens is 2. The third-order valence-electron chi connectivity index (χ3n) is 2.43. The molecule has 0 bridgehead atoms. The van der Waals surface area contributed by atoms with Crippen molar-refractivity contribution in [3.63, 3.8) is 0 Å². The normalized spacial score (nSPS) is 10.6. The molecule has 0 aromatic heterocycles. The summed E-state index contributed by atoms with van der Waals surface area (Å²) < 4.78 is 0. The monoisotopic (exact) mass is 291 g/mol. The molecule has 0 aliphatic carbocycles. The van der Waals surface area contributed by atoms with Crippen molar-refractivity contribution in [3.05, 3.63) is 70.2 Å². The summed E-state index contributed by atoms with van der Waals surface area (Å²) in [7, 11) is 0. The molecule has 4 heteroatoms. The van der Waals surface area contributed by atoms with E-state index in [1.807, 2.05) is 18.2 Å². The number of nitrogens with one attached hydrogen (secondary N) is 1. The van der Waals surface area contributed by atoms with Crippen LogP contribution in [-0.2, 0) is 4.79 Å². The highest BCUT2D eigenvalue weighted by atomic mass is 35.5. The smallest absolute Gasteiger partial charge is 0.248 e. The summed E-state index contributed by atoms with van der Waals surface area (Å²) in [6, 6.07) is 14.2. The van der Waals surface area contributed by atoms with Crippen molar-refractivity contribution in [2.45, 2.75) is 0 Å². The van der Waals surface area contributed by atoms with Gasteiger partial charge in [-0.15, -0.1) is 0 Å². The van der Waals surface area contributed by atoms with Crippen molar-refractivity contribution < 1.29 is 4.79 Å².